The third-order valence-corrected chi connectivity index (χ3v) is 5.01. The van der Waals surface area contributed by atoms with Crippen LogP contribution in [0, 0.1) is 13.8 Å². The van der Waals surface area contributed by atoms with E-state index in [-0.39, 0.29) is 11.5 Å². The van der Waals surface area contributed by atoms with E-state index >= 15 is 0 Å². The molecule has 2 aromatic carbocycles. The molecular weight excluding hydrogens is 364 g/mol. The van der Waals surface area contributed by atoms with Crippen molar-refractivity contribution in [1.29, 1.82) is 0 Å². The zero-order valence-electron chi connectivity index (χ0n) is 15.6. The number of ketones is 1. The fourth-order valence-electron chi connectivity index (χ4n) is 2.49. The molecule has 0 amide bonds. The molecule has 0 aliphatic rings. The summed E-state index contributed by atoms with van der Waals surface area (Å²) in [5.74, 6) is 1.62. The van der Waals surface area contributed by atoms with E-state index in [0.29, 0.717) is 28.2 Å². The molecule has 1 aromatic heterocycles. The van der Waals surface area contributed by atoms with E-state index in [1.807, 2.05) is 32.0 Å². The summed E-state index contributed by atoms with van der Waals surface area (Å²) in [6.07, 6.45) is 0. The van der Waals surface area contributed by atoms with Crippen LogP contribution in [0.25, 0.3) is 11.5 Å². The standard InChI is InChI=1S/C20H20N2O4S/c1-12-5-6-14(9-13(12)2)19-21-22-20(26-19)27-11-17(23)16-8-7-15(24-3)10-18(16)25-4/h5-10H,11H2,1-4H3. The molecule has 27 heavy (non-hydrogen) atoms. The quantitative estimate of drug-likeness (QED) is 0.443. The summed E-state index contributed by atoms with van der Waals surface area (Å²) >= 11 is 1.20. The lowest BCUT2D eigenvalue weighted by Gasteiger charge is -2.08. The highest BCUT2D eigenvalue weighted by molar-refractivity contribution is 7.99. The Labute approximate surface area is 161 Å². The predicted octanol–water partition coefficient (Wildman–Crippen LogP) is 4.35. The fourth-order valence-corrected chi connectivity index (χ4v) is 3.14. The van der Waals surface area contributed by atoms with Crippen LogP contribution in [0.1, 0.15) is 21.5 Å². The maximum atomic E-state index is 12.5. The van der Waals surface area contributed by atoms with Gasteiger partial charge < -0.3 is 13.9 Å². The van der Waals surface area contributed by atoms with Crippen LogP contribution in [0.3, 0.4) is 0 Å². The van der Waals surface area contributed by atoms with Gasteiger partial charge in [-0.3, -0.25) is 4.79 Å². The lowest BCUT2D eigenvalue weighted by molar-refractivity contribution is 0.101. The normalized spacial score (nSPS) is 10.7. The van der Waals surface area contributed by atoms with Gasteiger partial charge in [-0.05, 0) is 49.2 Å². The van der Waals surface area contributed by atoms with Gasteiger partial charge in [0.25, 0.3) is 5.22 Å². The second kappa shape index (κ2) is 8.26. The summed E-state index contributed by atoms with van der Waals surface area (Å²) < 4.78 is 16.1. The average Bonchev–Trinajstić information content (AvgIpc) is 3.16. The number of aryl methyl sites for hydroxylation is 2. The monoisotopic (exact) mass is 384 g/mol. The van der Waals surface area contributed by atoms with Crippen LogP contribution < -0.4 is 9.47 Å². The molecule has 140 valence electrons. The first-order chi connectivity index (χ1) is 13.0. The Kier molecular flexibility index (Phi) is 5.81. The van der Waals surface area contributed by atoms with Crippen molar-refractivity contribution in [1.82, 2.24) is 10.2 Å². The Morgan fingerprint density at radius 3 is 2.56 bits per heavy atom. The molecule has 0 fully saturated rings. The third kappa shape index (κ3) is 4.31. The molecule has 0 spiro atoms. The van der Waals surface area contributed by atoms with Crippen LogP contribution in [0.4, 0.5) is 0 Å². The molecule has 0 bridgehead atoms. The predicted molar refractivity (Wildman–Crippen MR) is 104 cm³/mol. The Hall–Kier alpha value is -2.80. The van der Waals surface area contributed by atoms with Crippen molar-refractivity contribution in [2.45, 2.75) is 19.1 Å². The Bertz CT molecular complexity index is 968. The van der Waals surface area contributed by atoms with Gasteiger partial charge in [-0.2, -0.15) is 0 Å². The molecule has 0 aliphatic carbocycles. The number of rotatable bonds is 7. The van der Waals surface area contributed by atoms with Crippen LogP contribution in [0.5, 0.6) is 11.5 Å². The topological polar surface area (TPSA) is 74.5 Å². The lowest BCUT2D eigenvalue weighted by Crippen LogP contribution is -2.05. The van der Waals surface area contributed by atoms with Crippen LogP contribution in [-0.4, -0.2) is 36.0 Å². The van der Waals surface area contributed by atoms with E-state index in [9.17, 15) is 4.79 Å². The smallest absolute Gasteiger partial charge is 0.277 e. The molecule has 7 heteroatoms. The van der Waals surface area contributed by atoms with Crippen LogP contribution in [-0.2, 0) is 0 Å². The first-order valence-corrected chi connectivity index (χ1v) is 9.29. The zero-order valence-corrected chi connectivity index (χ0v) is 16.4. The van der Waals surface area contributed by atoms with Crippen molar-refractivity contribution < 1.29 is 18.7 Å². The molecule has 0 atom stereocenters. The number of ether oxygens (including phenoxy) is 2. The first kappa shape index (κ1) is 19.0. The molecule has 0 aliphatic heterocycles. The van der Waals surface area contributed by atoms with Crippen molar-refractivity contribution in [3.8, 4) is 23.0 Å². The fraction of sp³-hybridized carbons (Fsp3) is 0.250. The number of benzene rings is 2. The molecular formula is C20H20N2O4S. The van der Waals surface area contributed by atoms with Gasteiger partial charge in [0.15, 0.2) is 5.78 Å². The van der Waals surface area contributed by atoms with Gasteiger partial charge in [-0.15, -0.1) is 10.2 Å². The number of thioether (sulfide) groups is 1. The number of Topliss-reactive ketones (excluding diaryl/α,β-unsaturated/α-hetero) is 1. The van der Waals surface area contributed by atoms with Crippen LogP contribution in [0.15, 0.2) is 46.0 Å². The minimum absolute atomic E-state index is 0.0922. The summed E-state index contributed by atoms with van der Waals surface area (Å²) in [6.45, 7) is 4.08. The van der Waals surface area contributed by atoms with E-state index in [1.165, 1.54) is 24.4 Å². The molecule has 6 nitrogen and oxygen atoms in total. The molecule has 0 N–H and O–H groups in total. The number of hydrogen-bond acceptors (Lipinski definition) is 7. The highest BCUT2D eigenvalue weighted by Crippen LogP contribution is 2.28. The minimum atomic E-state index is -0.0922. The van der Waals surface area contributed by atoms with Crippen LogP contribution in [0.2, 0.25) is 0 Å². The second-order valence-corrected chi connectivity index (χ2v) is 6.88. The van der Waals surface area contributed by atoms with Crippen LogP contribution >= 0.6 is 11.8 Å². The lowest BCUT2D eigenvalue weighted by atomic mass is 10.1. The van der Waals surface area contributed by atoms with E-state index in [0.717, 1.165) is 11.1 Å². The van der Waals surface area contributed by atoms with Gasteiger partial charge in [0, 0.05) is 11.6 Å². The second-order valence-electron chi connectivity index (χ2n) is 5.95. The zero-order chi connectivity index (χ0) is 19.4. The number of hydrogen-bond donors (Lipinski definition) is 0. The van der Waals surface area contributed by atoms with Crippen molar-refractivity contribution in [2.75, 3.05) is 20.0 Å². The van der Waals surface area contributed by atoms with Gasteiger partial charge in [-0.25, -0.2) is 0 Å². The molecule has 3 aromatic rings. The Morgan fingerprint density at radius 2 is 1.85 bits per heavy atom. The number of nitrogens with zero attached hydrogens (tertiary/aromatic N) is 2. The minimum Gasteiger partial charge on any atom is -0.497 e. The summed E-state index contributed by atoms with van der Waals surface area (Å²) in [5, 5.41) is 8.45. The summed E-state index contributed by atoms with van der Waals surface area (Å²) in [4.78, 5) is 12.5. The largest absolute Gasteiger partial charge is 0.497 e. The summed E-state index contributed by atoms with van der Waals surface area (Å²) in [5.41, 5.74) is 3.70. The van der Waals surface area contributed by atoms with Gasteiger partial charge in [0.2, 0.25) is 5.89 Å². The molecule has 0 saturated heterocycles. The molecule has 3 rings (SSSR count). The van der Waals surface area contributed by atoms with E-state index in [2.05, 4.69) is 10.2 Å². The van der Waals surface area contributed by atoms with E-state index in [1.54, 1.807) is 25.3 Å². The van der Waals surface area contributed by atoms with Crippen molar-refractivity contribution in [3.63, 3.8) is 0 Å². The van der Waals surface area contributed by atoms with Crippen molar-refractivity contribution in [3.05, 3.63) is 53.1 Å². The number of methoxy groups -OCH3 is 2. The van der Waals surface area contributed by atoms with E-state index < -0.39 is 0 Å². The highest BCUT2D eigenvalue weighted by Gasteiger charge is 2.16. The van der Waals surface area contributed by atoms with Crippen molar-refractivity contribution >= 4 is 17.5 Å². The molecule has 0 saturated carbocycles. The maximum Gasteiger partial charge on any atom is 0.277 e. The molecule has 0 radical (unpaired) electrons. The van der Waals surface area contributed by atoms with Crippen molar-refractivity contribution in [2.24, 2.45) is 0 Å². The molecule has 1 heterocycles. The average molecular weight is 384 g/mol. The summed E-state index contributed by atoms with van der Waals surface area (Å²) in [6, 6.07) is 11.1. The SMILES string of the molecule is COc1ccc(C(=O)CSc2nnc(-c3ccc(C)c(C)c3)o2)c(OC)c1. The highest BCUT2D eigenvalue weighted by atomic mass is 32.2. The van der Waals surface area contributed by atoms with E-state index in [4.69, 9.17) is 13.9 Å². The Balaban J connectivity index is 1.69. The number of carbonyl (C=O) groups excluding carboxylic acids is 1. The van der Waals surface area contributed by atoms with Gasteiger partial charge in [-0.1, -0.05) is 17.8 Å². The number of carbonyl (C=O) groups is 1. The van der Waals surface area contributed by atoms with Gasteiger partial charge in [0.05, 0.1) is 25.5 Å². The third-order valence-electron chi connectivity index (χ3n) is 4.20. The Morgan fingerprint density at radius 1 is 1.04 bits per heavy atom. The maximum absolute atomic E-state index is 12.5. The molecule has 0 unspecified atom stereocenters. The van der Waals surface area contributed by atoms with Gasteiger partial charge in [0.1, 0.15) is 11.5 Å². The number of aromatic nitrogens is 2. The first-order valence-electron chi connectivity index (χ1n) is 8.31. The van der Waals surface area contributed by atoms with Gasteiger partial charge >= 0.3 is 0 Å². The summed E-state index contributed by atoms with van der Waals surface area (Å²) in [7, 11) is 3.08.